The molecule has 1 rings (SSSR count). The molecule has 97 valence electrons. The van der Waals surface area contributed by atoms with E-state index in [2.05, 4.69) is 40.3 Å². The van der Waals surface area contributed by atoms with Gasteiger partial charge in [-0.1, -0.05) is 6.07 Å². The monoisotopic (exact) mass is 315 g/mol. The van der Waals surface area contributed by atoms with Crippen LogP contribution in [0.4, 0.5) is 0 Å². The Balaban J connectivity index is 0.00000121. The number of hydrogen-bond donors (Lipinski definition) is 1. The number of pyridine rings is 1. The van der Waals surface area contributed by atoms with Crippen molar-refractivity contribution in [1.29, 1.82) is 0 Å². The number of hydrogen-bond acceptors (Lipinski definition) is 3. The van der Waals surface area contributed by atoms with Crippen LogP contribution in [-0.2, 0) is 14.6 Å². The number of aromatic nitrogens is 1. The topological polar surface area (TPSA) is 40.5 Å². The first kappa shape index (κ1) is 16.3. The molecular formula is C10H14ClN4NiS. The molecule has 1 heterocycles. The summed E-state index contributed by atoms with van der Waals surface area (Å²) in [5.41, 5.74) is 4.43. The molecule has 0 amide bonds. The van der Waals surface area contributed by atoms with Crippen molar-refractivity contribution in [1.82, 2.24) is 15.3 Å². The second kappa shape index (κ2) is 9.34. The number of rotatable bonds is 2. The summed E-state index contributed by atoms with van der Waals surface area (Å²) >= 11 is 8.38. The summed E-state index contributed by atoms with van der Waals surface area (Å²) in [6.45, 7) is 1.88. The second-order valence-electron chi connectivity index (χ2n) is 3.22. The molecule has 4 nitrogen and oxygen atoms in total. The maximum atomic E-state index is 5.03. The van der Waals surface area contributed by atoms with Crippen LogP contribution in [0.1, 0.15) is 12.6 Å². The Bertz CT molecular complexity index is 370. The van der Waals surface area contributed by atoms with E-state index in [9.17, 15) is 0 Å². The molecule has 0 saturated carbocycles. The summed E-state index contributed by atoms with van der Waals surface area (Å²) in [4.78, 5) is 5.96. The zero-order chi connectivity index (χ0) is 13.3. The minimum atomic E-state index is 0.574. The third-order valence-electron chi connectivity index (χ3n) is 1.76. The zero-order valence-corrected chi connectivity index (χ0v) is 12.3. The van der Waals surface area contributed by atoms with E-state index in [4.69, 9.17) is 12.2 Å². The first-order chi connectivity index (χ1) is 8.11. The third kappa shape index (κ3) is 6.56. The van der Waals surface area contributed by atoms with Crippen LogP contribution in [0.3, 0.4) is 0 Å². The van der Waals surface area contributed by atoms with Gasteiger partial charge in [0.25, 0.3) is 0 Å². The number of hydrazone groups is 1. The predicted molar refractivity (Wildman–Crippen MR) is 71.7 cm³/mol. The minimum absolute atomic E-state index is 0.574. The Kier molecular flexibility index (Phi) is 8.95. The third-order valence-corrected chi connectivity index (χ3v) is 2.22. The Morgan fingerprint density at radius 2 is 2.12 bits per heavy atom. The zero-order valence-electron chi connectivity index (χ0n) is 9.75. The van der Waals surface area contributed by atoms with Crippen molar-refractivity contribution in [3.8, 4) is 0 Å². The fraction of sp³-hybridized carbons (Fsp3) is 0.300. The molecule has 1 aromatic rings. The molecule has 0 aromatic carbocycles. The molecule has 1 N–H and O–H groups in total. The molecule has 0 saturated heterocycles. The van der Waals surface area contributed by atoms with Gasteiger partial charge in [-0.2, -0.15) is 5.10 Å². The van der Waals surface area contributed by atoms with E-state index in [1.54, 1.807) is 11.1 Å². The van der Waals surface area contributed by atoms with Crippen LogP contribution < -0.4 is 5.43 Å². The first-order valence-corrected chi connectivity index (χ1v) is 6.43. The van der Waals surface area contributed by atoms with Gasteiger partial charge < -0.3 is 4.90 Å². The summed E-state index contributed by atoms with van der Waals surface area (Å²) in [6.07, 6.45) is 1.73. The Hall–Kier alpha value is -0.706. The van der Waals surface area contributed by atoms with Crippen molar-refractivity contribution in [3.63, 3.8) is 0 Å². The second-order valence-corrected chi connectivity index (χ2v) is 3.61. The van der Waals surface area contributed by atoms with E-state index in [1.807, 2.05) is 39.2 Å². The van der Waals surface area contributed by atoms with Gasteiger partial charge in [0, 0.05) is 20.3 Å². The van der Waals surface area contributed by atoms with Crippen molar-refractivity contribution >= 4 is 33.2 Å². The Labute approximate surface area is 119 Å². The molecule has 0 bridgehead atoms. The van der Waals surface area contributed by atoms with Crippen LogP contribution in [0, 0.1) is 0 Å². The molecule has 0 aliphatic carbocycles. The molecule has 0 atom stereocenters. The summed E-state index contributed by atoms with van der Waals surface area (Å²) < 4.78 is 0. The van der Waals surface area contributed by atoms with Crippen LogP contribution in [0.2, 0.25) is 0 Å². The molecule has 0 aliphatic heterocycles. The molecule has 1 aromatic heterocycles. The molecule has 7 heteroatoms. The van der Waals surface area contributed by atoms with Gasteiger partial charge in [-0.05, 0) is 31.3 Å². The van der Waals surface area contributed by atoms with Crippen LogP contribution in [0.25, 0.3) is 0 Å². The van der Waals surface area contributed by atoms with E-state index >= 15 is 0 Å². The SMILES string of the molecule is CC(=NNC(=S)N(C)C)c1ccccn1.[Cl][Ni]. The van der Waals surface area contributed by atoms with Crippen LogP contribution in [0.15, 0.2) is 29.5 Å². The van der Waals surface area contributed by atoms with E-state index in [0.29, 0.717) is 5.11 Å². The average molecular weight is 316 g/mol. The standard InChI is InChI=1S/C10H14N4S.ClH.Ni/c1-8(9-6-4-5-7-11-9)12-13-10(15)14(2)3;;/h4-7H,1-3H3,(H,13,15);1H;/q;;+1/p-1. The normalized spacial score (nSPS) is 10.1. The Morgan fingerprint density at radius 1 is 1.47 bits per heavy atom. The van der Waals surface area contributed by atoms with Gasteiger partial charge in [-0.3, -0.25) is 10.4 Å². The quantitative estimate of drug-likeness (QED) is 0.392. The van der Waals surface area contributed by atoms with Gasteiger partial charge in [0.05, 0.1) is 11.4 Å². The molecule has 0 spiro atoms. The van der Waals surface area contributed by atoms with Crippen molar-refractivity contribution in [3.05, 3.63) is 30.1 Å². The van der Waals surface area contributed by atoms with E-state index < -0.39 is 0 Å². The van der Waals surface area contributed by atoms with Crippen molar-refractivity contribution in [2.45, 2.75) is 6.92 Å². The summed E-state index contributed by atoms with van der Waals surface area (Å²) in [6, 6.07) is 5.69. The molecule has 0 fully saturated rings. The maximum absolute atomic E-state index is 5.03. The first-order valence-electron chi connectivity index (χ1n) is 4.66. The number of thiocarbonyl (C=S) groups is 1. The van der Waals surface area contributed by atoms with Gasteiger partial charge in [0.15, 0.2) is 5.11 Å². The molecule has 0 unspecified atom stereocenters. The van der Waals surface area contributed by atoms with Crippen molar-refractivity contribution < 1.29 is 14.6 Å². The summed E-state index contributed by atoms with van der Waals surface area (Å²) in [7, 11) is 7.99. The fourth-order valence-electron chi connectivity index (χ4n) is 0.866. The van der Waals surface area contributed by atoms with Gasteiger partial charge >= 0.3 is 24.8 Å². The van der Waals surface area contributed by atoms with E-state index in [1.165, 1.54) is 0 Å². The molecule has 0 aliphatic rings. The van der Waals surface area contributed by atoms with Gasteiger partial charge in [0.1, 0.15) is 0 Å². The van der Waals surface area contributed by atoms with Crippen molar-refractivity contribution in [2.24, 2.45) is 5.10 Å². The van der Waals surface area contributed by atoms with Crippen LogP contribution >= 0.6 is 22.4 Å². The van der Waals surface area contributed by atoms with Crippen LogP contribution in [-0.4, -0.2) is 34.8 Å². The van der Waals surface area contributed by atoms with Crippen LogP contribution in [0.5, 0.6) is 0 Å². The number of nitrogens with one attached hydrogen (secondary N) is 1. The average Bonchev–Trinajstić information content (AvgIpc) is 2.38. The molecular weight excluding hydrogens is 302 g/mol. The van der Waals surface area contributed by atoms with Gasteiger partial charge in [-0.15, -0.1) is 0 Å². The molecule has 17 heavy (non-hydrogen) atoms. The van der Waals surface area contributed by atoms with Gasteiger partial charge in [0.2, 0.25) is 0 Å². The Morgan fingerprint density at radius 3 is 2.59 bits per heavy atom. The molecule has 0 radical (unpaired) electrons. The van der Waals surface area contributed by atoms with Crippen molar-refractivity contribution in [2.75, 3.05) is 14.1 Å². The number of nitrogens with zero attached hydrogens (tertiary/aromatic N) is 3. The van der Waals surface area contributed by atoms with Gasteiger partial charge in [-0.25, -0.2) is 0 Å². The summed E-state index contributed by atoms with van der Waals surface area (Å²) in [5.74, 6) is 0. The van der Waals surface area contributed by atoms with E-state index in [-0.39, 0.29) is 0 Å². The fourth-order valence-corrected chi connectivity index (χ4v) is 0.911. The van der Waals surface area contributed by atoms with E-state index in [0.717, 1.165) is 11.4 Å². The predicted octanol–water partition coefficient (Wildman–Crippen LogP) is 1.93. The summed E-state index contributed by atoms with van der Waals surface area (Å²) in [5, 5.41) is 4.71. The number of halogens is 1.